The zero-order chi connectivity index (χ0) is 8.43. The maximum absolute atomic E-state index is 2.36. The summed E-state index contributed by atoms with van der Waals surface area (Å²) in [5.74, 6) is 1.40. The van der Waals surface area contributed by atoms with E-state index in [0.29, 0.717) is 11.8 Å². The molecule has 0 nitrogen and oxygen atoms in total. The summed E-state index contributed by atoms with van der Waals surface area (Å²) in [7, 11) is 0. The highest BCUT2D eigenvalue weighted by Gasteiger charge is 2.15. The molecule has 0 saturated heterocycles. The van der Waals surface area contributed by atoms with Crippen molar-refractivity contribution >= 4 is 0 Å². The molecule has 0 radical (unpaired) electrons. The fraction of sp³-hybridized carbons (Fsp3) is 0.636. The first-order valence-corrected chi connectivity index (χ1v) is 4.53. The molecule has 1 rings (SSSR count). The maximum atomic E-state index is 2.36. The Morgan fingerprint density at radius 3 is 1.55 bits per heavy atom. The summed E-state index contributed by atoms with van der Waals surface area (Å²) >= 11 is 0. The van der Waals surface area contributed by atoms with E-state index in [9.17, 15) is 0 Å². The monoisotopic (exact) mass is 150 g/mol. The minimum atomic E-state index is 0.700. The smallest absolute Gasteiger partial charge is 0.0157 e. The Labute approximate surface area is 70.0 Å². The van der Waals surface area contributed by atoms with Crippen LogP contribution in [0.15, 0.2) is 23.3 Å². The van der Waals surface area contributed by atoms with Crippen LogP contribution in [0.2, 0.25) is 0 Å². The summed E-state index contributed by atoms with van der Waals surface area (Å²) in [5, 5.41) is 0. The van der Waals surface area contributed by atoms with Crippen molar-refractivity contribution in [2.45, 2.75) is 34.1 Å². The van der Waals surface area contributed by atoms with Gasteiger partial charge in [-0.15, -0.1) is 0 Å². The van der Waals surface area contributed by atoms with Crippen LogP contribution in [-0.4, -0.2) is 0 Å². The third kappa shape index (κ3) is 1.74. The molecule has 0 amide bonds. The van der Waals surface area contributed by atoms with Gasteiger partial charge in [-0.2, -0.15) is 0 Å². The van der Waals surface area contributed by atoms with Gasteiger partial charge in [0.25, 0.3) is 0 Å². The highest BCUT2D eigenvalue weighted by atomic mass is 14.2. The van der Waals surface area contributed by atoms with E-state index < -0.39 is 0 Å². The Morgan fingerprint density at radius 2 is 1.27 bits per heavy atom. The lowest BCUT2D eigenvalue weighted by molar-refractivity contribution is 0.707. The average molecular weight is 150 g/mol. The first-order valence-electron chi connectivity index (χ1n) is 4.53. The minimum Gasteiger partial charge on any atom is -0.0770 e. The van der Waals surface area contributed by atoms with Crippen LogP contribution in [0.25, 0.3) is 0 Å². The molecule has 0 unspecified atom stereocenters. The molecule has 0 fully saturated rings. The third-order valence-electron chi connectivity index (χ3n) is 2.25. The molecule has 0 N–H and O–H groups in total. The third-order valence-corrected chi connectivity index (χ3v) is 2.25. The molecule has 0 aromatic carbocycles. The lowest BCUT2D eigenvalue weighted by Gasteiger charge is -2.14. The normalized spacial score (nSPS) is 17.6. The van der Waals surface area contributed by atoms with Crippen molar-refractivity contribution < 1.29 is 0 Å². The fourth-order valence-corrected chi connectivity index (χ4v) is 1.69. The van der Waals surface area contributed by atoms with E-state index in [-0.39, 0.29) is 0 Å². The summed E-state index contributed by atoms with van der Waals surface area (Å²) in [4.78, 5) is 0. The molecule has 0 atom stereocenters. The summed E-state index contributed by atoms with van der Waals surface area (Å²) in [6, 6.07) is 0. The molecule has 1 aliphatic rings. The highest BCUT2D eigenvalue weighted by Crippen LogP contribution is 2.30. The summed E-state index contributed by atoms with van der Waals surface area (Å²) in [5.41, 5.74) is 3.14. The maximum Gasteiger partial charge on any atom is -0.0157 e. The Bertz CT molecular complexity index is 170. The van der Waals surface area contributed by atoms with Crippen molar-refractivity contribution in [3.63, 3.8) is 0 Å². The summed E-state index contributed by atoms with van der Waals surface area (Å²) < 4.78 is 0. The van der Waals surface area contributed by atoms with Crippen molar-refractivity contribution in [2.24, 2.45) is 11.8 Å². The number of hydrogen-bond donors (Lipinski definition) is 0. The van der Waals surface area contributed by atoms with Crippen LogP contribution in [0.4, 0.5) is 0 Å². The van der Waals surface area contributed by atoms with Gasteiger partial charge in [0, 0.05) is 0 Å². The standard InChI is InChI=1S/C11H18/c1-8(2)10-6-5-7-11(10)9(3)4/h6-9H,5H2,1-4H3. The van der Waals surface area contributed by atoms with Crippen LogP contribution < -0.4 is 0 Å². The number of hydrogen-bond acceptors (Lipinski definition) is 0. The van der Waals surface area contributed by atoms with Gasteiger partial charge >= 0.3 is 0 Å². The second-order valence-electron chi connectivity index (χ2n) is 3.86. The zero-order valence-corrected chi connectivity index (χ0v) is 8.02. The molecular weight excluding hydrogens is 132 g/mol. The molecule has 0 heterocycles. The van der Waals surface area contributed by atoms with Crippen LogP contribution >= 0.6 is 0 Å². The molecule has 0 heteroatoms. The average Bonchev–Trinajstić information content (AvgIpc) is 2.32. The van der Waals surface area contributed by atoms with Crippen LogP contribution in [0.3, 0.4) is 0 Å². The molecule has 0 bridgehead atoms. The van der Waals surface area contributed by atoms with Crippen molar-refractivity contribution in [1.29, 1.82) is 0 Å². The van der Waals surface area contributed by atoms with Gasteiger partial charge in [0.05, 0.1) is 0 Å². The van der Waals surface area contributed by atoms with Crippen molar-refractivity contribution in [1.82, 2.24) is 0 Å². The predicted molar refractivity (Wildman–Crippen MR) is 50.5 cm³/mol. The van der Waals surface area contributed by atoms with Crippen LogP contribution in [0, 0.1) is 11.8 Å². The predicted octanol–water partition coefficient (Wildman–Crippen LogP) is 3.55. The molecule has 62 valence electrons. The van der Waals surface area contributed by atoms with E-state index in [0.717, 1.165) is 6.42 Å². The van der Waals surface area contributed by atoms with E-state index in [1.807, 2.05) is 0 Å². The number of allylic oxidation sites excluding steroid dienone is 4. The zero-order valence-electron chi connectivity index (χ0n) is 8.02. The van der Waals surface area contributed by atoms with Gasteiger partial charge < -0.3 is 0 Å². The van der Waals surface area contributed by atoms with E-state index in [4.69, 9.17) is 0 Å². The minimum absolute atomic E-state index is 0.700. The molecule has 0 spiro atoms. The Balaban J connectivity index is 2.76. The first-order chi connectivity index (χ1) is 5.13. The Kier molecular flexibility index (Phi) is 2.53. The quantitative estimate of drug-likeness (QED) is 0.564. The van der Waals surface area contributed by atoms with Gasteiger partial charge in [-0.3, -0.25) is 0 Å². The lowest BCUT2D eigenvalue weighted by atomic mass is 9.91. The molecule has 0 aliphatic heterocycles. The van der Waals surface area contributed by atoms with Gasteiger partial charge in [-0.05, 0) is 29.4 Å². The van der Waals surface area contributed by atoms with E-state index in [1.54, 1.807) is 11.1 Å². The van der Waals surface area contributed by atoms with Crippen molar-refractivity contribution in [3.05, 3.63) is 23.3 Å². The van der Waals surface area contributed by atoms with E-state index >= 15 is 0 Å². The van der Waals surface area contributed by atoms with Crippen LogP contribution in [0.1, 0.15) is 34.1 Å². The largest absolute Gasteiger partial charge is 0.0770 e. The molecule has 11 heavy (non-hydrogen) atoms. The summed E-state index contributed by atoms with van der Waals surface area (Å²) in [6.07, 6.45) is 5.88. The Hall–Kier alpha value is -0.520. The van der Waals surface area contributed by atoms with E-state index in [1.165, 1.54) is 0 Å². The van der Waals surface area contributed by atoms with Gasteiger partial charge in [-0.1, -0.05) is 39.8 Å². The van der Waals surface area contributed by atoms with Crippen LogP contribution in [0.5, 0.6) is 0 Å². The van der Waals surface area contributed by atoms with Gasteiger partial charge in [-0.25, -0.2) is 0 Å². The second kappa shape index (κ2) is 3.25. The topological polar surface area (TPSA) is 0 Å². The van der Waals surface area contributed by atoms with Crippen molar-refractivity contribution in [3.8, 4) is 0 Å². The van der Waals surface area contributed by atoms with Crippen LogP contribution in [-0.2, 0) is 0 Å². The number of rotatable bonds is 2. The fourth-order valence-electron chi connectivity index (χ4n) is 1.69. The molecule has 0 aromatic heterocycles. The van der Waals surface area contributed by atoms with Gasteiger partial charge in [0.2, 0.25) is 0 Å². The molecule has 0 saturated carbocycles. The summed E-state index contributed by atoms with van der Waals surface area (Å²) in [6.45, 7) is 9.08. The highest BCUT2D eigenvalue weighted by molar-refractivity contribution is 5.39. The first kappa shape index (κ1) is 8.58. The molecule has 0 aromatic rings. The van der Waals surface area contributed by atoms with E-state index in [2.05, 4.69) is 39.8 Å². The Morgan fingerprint density at radius 1 is 0.909 bits per heavy atom. The van der Waals surface area contributed by atoms with Gasteiger partial charge in [0.1, 0.15) is 0 Å². The lowest BCUT2D eigenvalue weighted by Crippen LogP contribution is -2.00. The molecular formula is C11H18. The molecule has 1 aliphatic carbocycles. The van der Waals surface area contributed by atoms with Gasteiger partial charge in [0.15, 0.2) is 0 Å². The van der Waals surface area contributed by atoms with Crippen molar-refractivity contribution in [2.75, 3.05) is 0 Å². The SMILES string of the molecule is CC(C)C1=CCC=C1C(C)C. The second-order valence-corrected chi connectivity index (χ2v) is 3.86.